The molecule has 1 atom stereocenters. The molecule has 0 aromatic rings. The molecule has 1 heterocycles. The third kappa shape index (κ3) is 3.56. The van der Waals surface area contributed by atoms with Crippen LogP contribution in [-0.2, 0) is 9.47 Å². The molecule has 0 unspecified atom stereocenters. The highest BCUT2D eigenvalue weighted by Crippen LogP contribution is 2.13. The van der Waals surface area contributed by atoms with E-state index in [2.05, 4.69) is 5.92 Å². The molecule has 1 rings (SSSR count). The Morgan fingerprint density at radius 1 is 1.58 bits per heavy atom. The maximum absolute atomic E-state index is 5.38. The Bertz CT molecular complexity index is 173. The van der Waals surface area contributed by atoms with E-state index in [1.807, 2.05) is 6.08 Å². The van der Waals surface area contributed by atoms with Gasteiger partial charge in [0.15, 0.2) is 6.29 Å². The minimum atomic E-state index is -0.0128. The Kier molecular flexibility index (Phi) is 4.51. The molecule has 2 heteroatoms. The van der Waals surface area contributed by atoms with Crippen LogP contribution in [0.15, 0.2) is 12.2 Å². The van der Waals surface area contributed by atoms with Gasteiger partial charge < -0.3 is 9.47 Å². The molecule has 2 nitrogen and oxygen atoms in total. The van der Waals surface area contributed by atoms with E-state index in [0.29, 0.717) is 6.61 Å². The predicted molar refractivity (Wildman–Crippen MR) is 47.5 cm³/mol. The summed E-state index contributed by atoms with van der Waals surface area (Å²) in [7, 11) is 0. The lowest BCUT2D eigenvalue weighted by Gasteiger charge is -2.21. The highest BCUT2D eigenvalue weighted by Gasteiger charge is 2.12. The maximum atomic E-state index is 5.38. The van der Waals surface area contributed by atoms with Gasteiger partial charge >= 0.3 is 0 Å². The average molecular weight is 166 g/mol. The topological polar surface area (TPSA) is 18.5 Å². The van der Waals surface area contributed by atoms with Gasteiger partial charge in [-0.1, -0.05) is 12.0 Å². The van der Waals surface area contributed by atoms with E-state index in [9.17, 15) is 0 Å². The summed E-state index contributed by atoms with van der Waals surface area (Å²) in [5.74, 6) is 2.40. The van der Waals surface area contributed by atoms with Crippen LogP contribution in [0.5, 0.6) is 0 Å². The van der Waals surface area contributed by atoms with Gasteiger partial charge in [-0.2, -0.15) is 0 Å². The van der Waals surface area contributed by atoms with Crippen molar-refractivity contribution in [2.24, 2.45) is 0 Å². The summed E-state index contributed by atoms with van der Waals surface area (Å²) in [5, 5.41) is 0. The first-order chi connectivity index (χ1) is 5.93. The summed E-state index contributed by atoms with van der Waals surface area (Å²) in [6.45, 7) is 1.37. The van der Waals surface area contributed by atoms with Crippen molar-refractivity contribution in [1.29, 1.82) is 0 Å². The van der Waals surface area contributed by atoms with Crippen molar-refractivity contribution in [3.8, 4) is 12.3 Å². The normalized spacial score (nSPS) is 24.1. The Morgan fingerprint density at radius 3 is 3.17 bits per heavy atom. The largest absolute Gasteiger partial charge is 0.353 e. The fourth-order valence-electron chi connectivity index (χ4n) is 1.12. The van der Waals surface area contributed by atoms with Gasteiger partial charge in [-0.3, -0.25) is 0 Å². The molecule has 0 aromatic heterocycles. The first kappa shape index (κ1) is 9.31. The number of hydrogen-bond acceptors (Lipinski definition) is 2. The van der Waals surface area contributed by atoms with Gasteiger partial charge in [0.25, 0.3) is 0 Å². The molecule has 0 aromatic carbocycles. The molecule has 0 saturated carbocycles. The van der Waals surface area contributed by atoms with Gasteiger partial charge in [0.2, 0.25) is 0 Å². The number of terminal acetylenes is 1. The number of hydrogen-bond donors (Lipinski definition) is 0. The molecule has 12 heavy (non-hydrogen) atoms. The van der Waals surface area contributed by atoms with Crippen molar-refractivity contribution in [1.82, 2.24) is 0 Å². The molecule has 0 N–H and O–H groups in total. The zero-order valence-corrected chi connectivity index (χ0v) is 7.16. The Morgan fingerprint density at radius 2 is 2.50 bits per heavy atom. The van der Waals surface area contributed by atoms with Gasteiger partial charge in [-0.25, -0.2) is 0 Å². The van der Waals surface area contributed by atoms with Crippen LogP contribution in [0.3, 0.4) is 0 Å². The van der Waals surface area contributed by atoms with Gasteiger partial charge in [0.05, 0.1) is 6.61 Å². The van der Waals surface area contributed by atoms with E-state index >= 15 is 0 Å². The van der Waals surface area contributed by atoms with Gasteiger partial charge in [0.1, 0.15) is 0 Å². The Hall–Kier alpha value is -0.780. The SMILES string of the molecule is C#C/C=C/CO[C@@H]1CCCCO1. The van der Waals surface area contributed by atoms with Gasteiger partial charge in [0, 0.05) is 6.61 Å². The van der Waals surface area contributed by atoms with E-state index in [4.69, 9.17) is 15.9 Å². The fraction of sp³-hybridized carbons (Fsp3) is 0.600. The van der Waals surface area contributed by atoms with Gasteiger partial charge in [-0.05, 0) is 25.3 Å². The van der Waals surface area contributed by atoms with Crippen LogP contribution in [0.1, 0.15) is 19.3 Å². The summed E-state index contributed by atoms with van der Waals surface area (Å²) < 4.78 is 10.7. The van der Waals surface area contributed by atoms with Crippen LogP contribution in [0, 0.1) is 12.3 Å². The molecule has 0 radical (unpaired) electrons. The van der Waals surface area contributed by atoms with Crippen LogP contribution in [0.25, 0.3) is 0 Å². The van der Waals surface area contributed by atoms with Crippen LogP contribution < -0.4 is 0 Å². The second-order valence-corrected chi connectivity index (χ2v) is 2.70. The number of allylic oxidation sites excluding steroid dienone is 1. The zero-order chi connectivity index (χ0) is 8.65. The molecule has 1 aliphatic rings. The van der Waals surface area contributed by atoms with Crippen molar-refractivity contribution in [2.45, 2.75) is 25.6 Å². The smallest absolute Gasteiger partial charge is 0.157 e. The van der Waals surface area contributed by atoms with Crippen LogP contribution >= 0.6 is 0 Å². The minimum Gasteiger partial charge on any atom is -0.353 e. The first-order valence-electron chi connectivity index (χ1n) is 4.28. The van der Waals surface area contributed by atoms with Crippen molar-refractivity contribution in [3.63, 3.8) is 0 Å². The van der Waals surface area contributed by atoms with Gasteiger partial charge in [-0.15, -0.1) is 6.42 Å². The first-order valence-corrected chi connectivity index (χ1v) is 4.28. The molecule has 66 valence electrons. The second kappa shape index (κ2) is 5.82. The lowest BCUT2D eigenvalue weighted by atomic mass is 10.2. The third-order valence-electron chi connectivity index (χ3n) is 1.73. The van der Waals surface area contributed by atoms with Crippen LogP contribution in [-0.4, -0.2) is 19.5 Å². The molecule has 1 fully saturated rings. The molecule has 1 saturated heterocycles. The Labute approximate surface area is 73.6 Å². The highest BCUT2D eigenvalue weighted by atomic mass is 16.7. The standard InChI is InChI=1S/C10H14O2/c1-2-3-5-8-11-10-7-4-6-9-12-10/h1,3,5,10H,4,6-9H2/b5-3+/t10-/m0/s1. The molecule has 1 aliphatic heterocycles. The lowest BCUT2D eigenvalue weighted by molar-refractivity contribution is -0.155. The molecular formula is C10H14O2. The quantitative estimate of drug-likeness (QED) is 0.594. The predicted octanol–water partition coefficient (Wildman–Crippen LogP) is 1.72. The van der Waals surface area contributed by atoms with Crippen LogP contribution in [0.4, 0.5) is 0 Å². The maximum Gasteiger partial charge on any atom is 0.157 e. The summed E-state index contributed by atoms with van der Waals surface area (Å²) in [4.78, 5) is 0. The van der Waals surface area contributed by atoms with E-state index in [1.165, 1.54) is 6.42 Å². The zero-order valence-electron chi connectivity index (χ0n) is 7.16. The van der Waals surface area contributed by atoms with E-state index < -0.39 is 0 Å². The molecule has 0 aliphatic carbocycles. The molecule has 0 amide bonds. The summed E-state index contributed by atoms with van der Waals surface area (Å²) in [6, 6.07) is 0. The molecular weight excluding hydrogens is 152 g/mol. The second-order valence-electron chi connectivity index (χ2n) is 2.70. The average Bonchev–Trinajstić information content (AvgIpc) is 2.14. The molecule has 0 spiro atoms. The van der Waals surface area contributed by atoms with Crippen LogP contribution in [0.2, 0.25) is 0 Å². The summed E-state index contributed by atoms with van der Waals surface area (Å²) >= 11 is 0. The van der Waals surface area contributed by atoms with E-state index in [1.54, 1.807) is 6.08 Å². The summed E-state index contributed by atoms with van der Waals surface area (Å²) in [5.41, 5.74) is 0. The van der Waals surface area contributed by atoms with E-state index in [-0.39, 0.29) is 6.29 Å². The third-order valence-corrected chi connectivity index (χ3v) is 1.73. The number of rotatable bonds is 3. The van der Waals surface area contributed by atoms with Crippen molar-refractivity contribution in [2.75, 3.05) is 13.2 Å². The Balaban J connectivity index is 2.06. The monoisotopic (exact) mass is 166 g/mol. The highest BCUT2D eigenvalue weighted by molar-refractivity contribution is 5.08. The summed E-state index contributed by atoms with van der Waals surface area (Å²) in [6.07, 6.45) is 11.8. The molecule has 0 bridgehead atoms. The lowest BCUT2D eigenvalue weighted by Crippen LogP contribution is -2.22. The fourth-order valence-corrected chi connectivity index (χ4v) is 1.12. The van der Waals surface area contributed by atoms with Crippen molar-refractivity contribution < 1.29 is 9.47 Å². The van der Waals surface area contributed by atoms with Crippen molar-refractivity contribution >= 4 is 0 Å². The number of ether oxygens (including phenoxy) is 2. The minimum absolute atomic E-state index is 0.0128. The van der Waals surface area contributed by atoms with Crippen molar-refractivity contribution in [3.05, 3.63) is 12.2 Å². The van der Waals surface area contributed by atoms with E-state index in [0.717, 1.165) is 19.4 Å².